The molecule has 2 fully saturated rings. The Hall–Kier alpha value is -1.62. The monoisotopic (exact) mass is 418 g/mol. The summed E-state index contributed by atoms with van der Waals surface area (Å²) in [5, 5.41) is 23.3. The topological polar surface area (TPSA) is 85.3 Å². The molecule has 2 atom stereocenters. The second kappa shape index (κ2) is 7.18. The van der Waals surface area contributed by atoms with Crippen molar-refractivity contribution in [3.05, 3.63) is 22.5 Å². The molecule has 0 bridgehead atoms. The predicted molar refractivity (Wildman–Crippen MR) is 103 cm³/mol. The van der Waals surface area contributed by atoms with E-state index in [1.165, 1.54) is 0 Å². The molecule has 2 aliphatic rings. The molecule has 2 aromatic heterocycles. The van der Waals surface area contributed by atoms with Gasteiger partial charge in [-0.2, -0.15) is 5.26 Å². The zero-order chi connectivity index (χ0) is 18.3. The molecule has 0 aromatic carbocycles. The fraction of sp³-hybridized carbons (Fsp3) is 0.579. The number of β-amino-alcohol motifs (C(OH)–C–C–N with tert-alkyl or cyclic N) is 1. The molecule has 6 nitrogen and oxygen atoms in total. The molecular weight excluding hydrogens is 396 g/mol. The minimum absolute atomic E-state index is 0.166. The fourth-order valence-electron chi connectivity index (χ4n) is 4.42. The molecule has 0 unspecified atom stereocenters. The highest BCUT2D eigenvalue weighted by molar-refractivity contribution is 9.10. The Morgan fingerprint density at radius 1 is 1.38 bits per heavy atom. The lowest BCUT2D eigenvalue weighted by atomic mass is 9.90. The molecule has 1 aliphatic carbocycles. The summed E-state index contributed by atoms with van der Waals surface area (Å²) in [5.41, 5.74) is 0.615. The lowest BCUT2D eigenvalue weighted by molar-refractivity contribution is 0.124. The van der Waals surface area contributed by atoms with Gasteiger partial charge in [-0.3, -0.25) is 4.90 Å². The first kappa shape index (κ1) is 17.8. The Morgan fingerprint density at radius 3 is 2.81 bits per heavy atom. The van der Waals surface area contributed by atoms with E-state index in [-0.39, 0.29) is 6.10 Å². The van der Waals surface area contributed by atoms with Gasteiger partial charge in [-0.15, -0.1) is 0 Å². The van der Waals surface area contributed by atoms with Crippen molar-refractivity contribution in [3.8, 4) is 6.07 Å². The number of hydrogen-bond donors (Lipinski definition) is 2. The molecule has 0 radical (unpaired) electrons. The van der Waals surface area contributed by atoms with Crippen molar-refractivity contribution in [2.24, 2.45) is 0 Å². The van der Waals surface area contributed by atoms with Gasteiger partial charge in [0.1, 0.15) is 11.9 Å². The van der Waals surface area contributed by atoms with Crippen LogP contribution in [0.2, 0.25) is 0 Å². The Bertz CT molecular complexity index is 838. The first-order valence-electron chi connectivity index (χ1n) is 9.23. The van der Waals surface area contributed by atoms with Crippen LogP contribution in [0.15, 0.2) is 21.2 Å². The summed E-state index contributed by atoms with van der Waals surface area (Å²) in [4.78, 5) is 6.94. The molecular formula is C19H23BrN4O2. The zero-order valence-corrected chi connectivity index (χ0v) is 16.4. The number of fused-ring (bicyclic) bond motifs is 1. The van der Waals surface area contributed by atoms with Crippen LogP contribution in [0.25, 0.3) is 11.0 Å². The third-order valence-corrected chi connectivity index (χ3v) is 6.54. The maximum absolute atomic E-state index is 9.89. The fourth-order valence-corrected chi connectivity index (χ4v) is 4.94. The number of aliphatic hydroxyl groups is 1. The number of nitriles is 1. The lowest BCUT2D eigenvalue weighted by Crippen LogP contribution is -2.42. The van der Waals surface area contributed by atoms with Crippen LogP contribution in [0, 0.1) is 11.3 Å². The Labute approximate surface area is 161 Å². The van der Waals surface area contributed by atoms with E-state index < -0.39 is 0 Å². The van der Waals surface area contributed by atoms with Crippen molar-refractivity contribution in [1.82, 2.24) is 9.88 Å². The lowest BCUT2D eigenvalue weighted by Gasteiger charge is -2.37. The number of aromatic nitrogens is 1. The third kappa shape index (κ3) is 3.34. The van der Waals surface area contributed by atoms with Crippen LogP contribution in [-0.2, 0) is 0 Å². The minimum Gasteiger partial charge on any atom is -0.444 e. The number of pyridine rings is 1. The van der Waals surface area contributed by atoms with E-state index in [0.29, 0.717) is 29.5 Å². The van der Waals surface area contributed by atoms with Crippen molar-refractivity contribution in [1.29, 1.82) is 5.26 Å². The number of nitrogens with one attached hydrogen (secondary N) is 1. The largest absolute Gasteiger partial charge is 0.444 e. The van der Waals surface area contributed by atoms with Gasteiger partial charge in [-0.1, -0.05) is 0 Å². The highest BCUT2D eigenvalue weighted by atomic mass is 79.9. The molecule has 2 aromatic rings. The van der Waals surface area contributed by atoms with Crippen LogP contribution in [0.5, 0.6) is 0 Å². The summed E-state index contributed by atoms with van der Waals surface area (Å²) in [7, 11) is 0. The summed E-state index contributed by atoms with van der Waals surface area (Å²) >= 11 is 3.60. The first-order chi connectivity index (χ1) is 12.5. The van der Waals surface area contributed by atoms with Crippen LogP contribution in [0.1, 0.15) is 44.8 Å². The molecule has 0 amide bonds. The summed E-state index contributed by atoms with van der Waals surface area (Å²) < 4.78 is 6.27. The van der Waals surface area contributed by atoms with Gasteiger partial charge in [0, 0.05) is 36.1 Å². The Morgan fingerprint density at radius 2 is 2.15 bits per heavy atom. The van der Waals surface area contributed by atoms with E-state index in [9.17, 15) is 5.11 Å². The third-order valence-electron chi connectivity index (χ3n) is 5.73. The molecule has 4 rings (SSSR count). The molecule has 26 heavy (non-hydrogen) atoms. The minimum atomic E-state index is -0.166. The smallest absolute Gasteiger partial charge is 0.204 e. The van der Waals surface area contributed by atoms with Gasteiger partial charge in [-0.05, 0) is 55.0 Å². The van der Waals surface area contributed by atoms with E-state index in [0.717, 1.165) is 54.3 Å². The Kier molecular flexibility index (Phi) is 4.91. The number of aliphatic hydroxyl groups excluding tert-OH is 1. The van der Waals surface area contributed by atoms with Gasteiger partial charge < -0.3 is 14.8 Å². The summed E-state index contributed by atoms with van der Waals surface area (Å²) in [6.07, 6.45) is 6.85. The summed E-state index contributed by atoms with van der Waals surface area (Å²) in [5.74, 6) is 1.10. The van der Waals surface area contributed by atoms with Crippen molar-refractivity contribution in [2.45, 2.75) is 63.3 Å². The zero-order valence-electron chi connectivity index (χ0n) is 14.8. The van der Waals surface area contributed by atoms with Gasteiger partial charge in [0.05, 0.1) is 16.8 Å². The predicted octanol–water partition coefficient (Wildman–Crippen LogP) is 3.64. The van der Waals surface area contributed by atoms with Gasteiger partial charge >= 0.3 is 0 Å². The van der Waals surface area contributed by atoms with E-state index in [1.54, 1.807) is 12.3 Å². The number of anilines is 1. The second-order valence-corrected chi connectivity index (χ2v) is 8.30. The molecule has 1 saturated carbocycles. The standard InChI is InChI=1S/C19H23BrN4O2/c1-11-6-14(25)10-24(11)13-4-2-12(3-5-13)23-19-18(20)16-7-15(8-21)26-17(16)9-22-19/h7,9,11-14,25H,2-6,10H2,1H3,(H,22,23)/t11-,12?,13?,14-/m0/s1. The van der Waals surface area contributed by atoms with E-state index in [4.69, 9.17) is 9.68 Å². The maximum Gasteiger partial charge on any atom is 0.204 e. The van der Waals surface area contributed by atoms with E-state index in [1.807, 2.05) is 6.07 Å². The summed E-state index contributed by atoms with van der Waals surface area (Å²) in [6, 6.07) is 5.21. The molecule has 7 heteroatoms. The number of halogens is 1. The number of nitrogens with zero attached hydrogens (tertiary/aromatic N) is 3. The maximum atomic E-state index is 9.89. The van der Waals surface area contributed by atoms with Crippen molar-refractivity contribution < 1.29 is 9.52 Å². The SMILES string of the molecule is C[C@H]1C[C@H](O)CN1C1CCC(Nc2ncc3oc(C#N)cc3c2Br)CC1. The van der Waals surface area contributed by atoms with Crippen LogP contribution < -0.4 is 5.32 Å². The van der Waals surface area contributed by atoms with Crippen LogP contribution in [-0.4, -0.2) is 45.8 Å². The van der Waals surface area contributed by atoms with E-state index in [2.05, 4.69) is 38.1 Å². The van der Waals surface area contributed by atoms with Gasteiger partial charge in [0.2, 0.25) is 5.76 Å². The van der Waals surface area contributed by atoms with Crippen LogP contribution in [0.4, 0.5) is 5.82 Å². The van der Waals surface area contributed by atoms with Gasteiger partial charge in [0.25, 0.3) is 0 Å². The Balaban J connectivity index is 1.41. The molecule has 138 valence electrons. The van der Waals surface area contributed by atoms with Crippen molar-refractivity contribution >= 4 is 32.7 Å². The van der Waals surface area contributed by atoms with Crippen LogP contribution >= 0.6 is 15.9 Å². The second-order valence-electron chi connectivity index (χ2n) is 7.51. The molecule has 0 spiro atoms. The highest BCUT2D eigenvalue weighted by Crippen LogP contribution is 2.34. The number of hydrogen-bond acceptors (Lipinski definition) is 6. The van der Waals surface area contributed by atoms with Gasteiger partial charge in [-0.25, -0.2) is 4.98 Å². The van der Waals surface area contributed by atoms with E-state index >= 15 is 0 Å². The van der Waals surface area contributed by atoms with Gasteiger partial charge in [0.15, 0.2) is 5.58 Å². The summed E-state index contributed by atoms with van der Waals surface area (Å²) in [6.45, 7) is 3.03. The quantitative estimate of drug-likeness (QED) is 0.790. The average molecular weight is 419 g/mol. The highest BCUT2D eigenvalue weighted by Gasteiger charge is 2.35. The van der Waals surface area contributed by atoms with Crippen LogP contribution in [0.3, 0.4) is 0 Å². The number of likely N-dealkylation sites (tertiary alicyclic amines) is 1. The molecule has 1 aliphatic heterocycles. The van der Waals surface area contributed by atoms with Crippen molar-refractivity contribution in [2.75, 3.05) is 11.9 Å². The first-order valence-corrected chi connectivity index (χ1v) is 10.0. The number of rotatable bonds is 3. The molecule has 2 N–H and O–H groups in total. The number of furan rings is 1. The normalized spacial score (nSPS) is 29.8. The molecule has 3 heterocycles. The average Bonchev–Trinajstić information content (AvgIpc) is 3.21. The molecule has 1 saturated heterocycles. The van der Waals surface area contributed by atoms with Crippen molar-refractivity contribution in [3.63, 3.8) is 0 Å².